The largest absolute Gasteiger partial charge is 0.496 e. The predicted octanol–water partition coefficient (Wildman–Crippen LogP) is 1.61. The number of aryl methyl sites for hydroxylation is 1. The molecule has 1 fully saturated rings. The van der Waals surface area contributed by atoms with Gasteiger partial charge in [0.25, 0.3) is 0 Å². The maximum absolute atomic E-state index is 11.2. The van der Waals surface area contributed by atoms with Crippen LogP contribution in [-0.4, -0.2) is 19.6 Å². The molecule has 1 aliphatic heterocycles. The minimum Gasteiger partial charge on any atom is -0.496 e. The summed E-state index contributed by atoms with van der Waals surface area (Å²) >= 11 is 0. The summed E-state index contributed by atoms with van der Waals surface area (Å²) in [7, 11) is 1.67. The highest BCUT2D eigenvalue weighted by Crippen LogP contribution is 2.31. The zero-order valence-electron chi connectivity index (χ0n) is 9.04. The lowest BCUT2D eigenvalue weighted by Crippen LogP contribution is -2.13. The number of hydrogen-bond donors (Lipinski definition) is 1. The average Bonchev–Trinajstić information content (AvgIpc) is 2.65. The van der Waals surface area contributed by atoms with Gasteiger partial charge in [0.2, 0.25) is 5.91 Å². The Morgan fingerprint density at radius 3 is 2.87 bits per heavy atom. The summed E-state index contributed by atoms with van der Waals surface area (Å²) in [4.78, 5) is 11.2. The minimum absolute atomic E-state index is 0.128. The summed E-state index contributed by atoms with van der Waals surface area (Å²) in [5.41, 5.74) is 2.33. The second kappa shape index (κ2) is 3.93. The summed E-state index contributed by atoms with van der Waals surface area (Å²) in [5, 5.41) is 2.84. The van der Waals surface area contributed by atoms with E-state index in [0.29, 0.717) is 6.42 Å². The molecule has 15 heavy (non-hydrogen) atoms. The van der Waals surface area contributed by atoms with E-state index in [2.05, 4.69) is 11.4 Å². The van der Waals surface area contributed by atoms with Crippen molar-refractivity contribution in [1.29, 1.82) is 0 Å². The monoisotopic (exact) mass is 205 g/mol. The number of carbonyl (C=O) groups is 1. The molecule has 1 N–H and O–H groups in total. The Hall–Kier alpha value is -1.51. The van der Waals surface area contributed by atoms with Crippen LogP contribution in [0.3, 0.4) is 0 Å². The molecule has 0 spiro atoms. The highest BCUT2D eigenvalue weighted by molar-refractivity contribution is 5.79. The molecule has 3 nitrogen and oxygen atoms in total. The van der Waals surface area contributed by atoms with E-state index in [9.17, 15) is 4.79 Å². The molecule has 0 bridgehead atoms. The van der Waals surface area contributed by atoms with Crippen molar-refractivity contribution in [3.05, 3.63) is 29.3 Å². The average molecular weight is 205 g/mol. The van der Waals surface area contributed by atoms with Crippen molar-refractivity contribution in [3.63, 3.8) is 0 Å². The van der Waals surface area contributed by atoms with Gasteiger partial charge in [0.1, 0.15) is 5.75 Å². The van der Waals surface area contributed by atoms with Gasteiger partial charge in [-0.2, -0.15) is 0 Å². The molecule has 0 radical (unpaired) electrons. The summed E-state index contributed by atoms with van der Waals surface area (Å²) in [6, 6.07) is 6.09. The van der Waals surface area contributed by atoms with Gasteiger partial charge in [-0.15, -0.1) is 0 Å². The first-order valence-corrected chi connectivity index (χ1v) is 5.12. The second-order valence-corrected chi connectivity index (χ2v) is 3.95. The first kappa shape index (κ1) is 10.0. The molecule has 1 amide bonds. The molecule has 1 aromatic rings. The predicted molar refractivity (Wildman–Crippen MR) is 58.1 cm³/mol. The van der Waals surface area contributed by atoms with E-state index >= 15 is 0 Å². The van der Waals surface area contributed by atoms with Gasteiger partial charge in [-0.05, 0) is 18.6 Å². The minimum atomic E-state index is 0.128. The van der Waals surface area contributed by atoms with Crippen LogP contribution in [0.25, 0.3) is 0 Å². The Labute approximate surface area is 89.4 Å². The Kier molecular flexibility index (Phi) is 2.62. The molecule has 1 aliphatic rings. The molecule has 0 saturated carbocycles. The van der Waals surface area contributed by atoms with Crippen molar-refractivity contribution < 1.29 is 9.53 Å². The SMILES string of the molecule is COc1ccc(C)cc1C1CNC(=O)C1. The van der Waals surface area contributed by atoms with Gasteiger partial charge < -0.3 is 10.1 Å². The molecule has 1 heterocycles. The van der Waals surface area contributed by atoms with Crippen LogP contribution in [0.1, 0.15) is 23.5 Å². The molecule has 1 unspecified atom stereocenters. The Balaban J connectivity index is 2.33. The molecule has 1 saturated heterocycles. The van der Waals surface area contributed by atoms with Gasteiger partial charge in [0, 0.05) is 18.9 Å². The van der Waals surface area contributed by atoms with Crippen molar-refractivity contribution in [3.8, 4) is 5.75 Å². The van der Waals surface area contributed by atoms with Crippen molar-refractivity contribution in [2.45, 2.75) is 19.3 Å². The Morgan fingerprint density at radius 1 is 1.47 bits per heavy atom. The van der Waals surface area contributed by atoms with Crippen LogP contribution in [0.5, 0.6) is 5.75 Å². The van der Waals surface area contributed by atoms with Crippen LogP contribution in [0.15, 0.2) is 18.2 Å². The molecule has 1 atom stereocenters. The van der Waals surface area contributed by atoms with Crippen LogP contribution in [0.2, 0.25) is 0 Å². The maximum Gasteiger partial charge on any atom is 0.220 e. The molecule has 2 rings (SSSR count). The van der Waals surface area contributed by atoms with E-state index in [1.807, 2.05) is 19.1 Å². The fourth-order valence-electron chi connectivity index (χ4n) is 2.00. The number of carbonyl (C=O) groups excluding carboxylic acids is 1. The molecule has 0 aromatic heterocycles. The van der Waals surface area contributed by atoms with E-state index < -0.39 is 0 Å². The van der Waals surface area contributed by atoms with Gasteiger partial charge in [-0.1, -0.05) is 17.7 Å². The summed E-state index contributed by atoms with van der Waals surface area (Å²) in [6.07, 6.45) is 0.569. The molecule has 80 valence electrons. The number of hydrogen-bond acceptors (Lipinski definition) is 2. The zero-order chi connectivity index (χ0) is 10.8. The summed E-state index contributed by atoms with van der Waals surface area (Å²) < 4.78 is 5.31. The number of nitrogens with one attached hydrogen (secondary N) is 1. The Bertz CT molecular complexity index is 387. The first-order chi connectivity index (χ1) is 7.20. The van der Waals surface area contributed by atoms with E-state index in [1.165, 1.54) is 5.56 Å². The number of rotatable bonds is 2. The van der Waals surface area contributed by atoms with Gasteiger partial charge in [-0.3, -0.25) is 4.79 Å². The lowest BCUT2D eigenvalue weighted by atomic mass is 9.96. The third-order valence-corrected chi connectivity index (χ3v) is 2.80. The van der Waals surface area contributed by atoms with Gasteiger partial charge in [0.05, 0.1) is 7.11 Å². The standard InChI is InChI=1S/C12H15NO2/c1-8-3-4-11(15-2)10(5-8)9-6-12(14)13-7-9/h3-5,9H,6-7H2,1-2H3,(H,13,14). The molecule has 1 aromatic carbocycles. The quantitative estimate of drug-likeness (QED) is 0.796. The van der Waals surface area contributed by atoms with Gasteiger partial charge in [0.15, 0.2) is 0 Å². The maximum atomic E-state index is 11.2. The van der Waals surface area contributed by atoms with Crippen molar-refractivity contribution in [2.24, 2.45) is 0 Å². The van der Waals surface area contributed by atoms with Crippen LogP contribution in [0.4, 0.5) is 0 Å². The van der Waals surface area contributed by atoms with Crippen molar-refractivity contribution in [1.82, 2.24) is 5.32 Å². The normalized spacial score (nSPS) is 20.1. The van der Waals surface area contributed by atoms with E-state index in [-0.39, 0.29) is 11.8 Å². The van der Waals surface area contributed by atoms with Crippen LogP contribution < -0.4 is 10.1 Å². The van der Waals surface area contributed by atoms with Crippen molar-refractivity contribution in [2.75, 3.05) is 13.7 Å². The van der Waals surface area contributed by atoms with E-state index in [4.69, 9.17) is 4.74 Å². The Morgan fingerprint density at radius 2 is 2.27 bits per heavy atom. The molecular formula is C12H15NO2. The third-order valence-electron chi connectivity index (χ3n) is 2.80. The number of methoxy groups -OCH3 is 1. The van der Waals surface area contributed by atoms with Crippen LogP contribution in [-0.2, 0) is 4.79 Å². The molecule has 3 heteroatoms. The topological polar surface area (TPSA) is 38.3 Å². The highest BCUT2D eigenvalue weighted by atomic mass is 16.5. The number of amides is 1. The number of benzene rings is 1. The summed E-state index contributed by atoms with van der Waals surface area (Å²) in [6.45, 7) is 2.77. The highest BCUT2D eigenvalue weighted by Gasteiger charge is 2.25. The van der Waals surface area contributed by atoms with E-state index in [0.717, 1.165) is 17.9 Å². The van der Waals surface area contributed by atoms with Gasteiger partial charge >= 0.3 is 0 Å². The lowest BCUT2D eigenvalue weighted by Gasteiger charge is -2.13. The zero-order valence-corrected chi connectivity index (χ0v) is 9.04. The van der Waals surface area contributed by atoms with Crippen molar-refractivity contribution >= 4 is 5.91 Å². The fourth-order valence-corrected chi connectivity index (χ4v) is 2.00. The lowest BCUT2D eigenvalue weighted by molar-refractivity contribution is -0.119. The molecular weight excluding hydrogens is 190 g/mol. The second-order valence-electron chi connectivity index (χ2n) is 3.95. The third kappa shape index (κ3) is 1.96. The smallest absolute Gasteiger partial charge is 0.220 e. The molecule has 0 aliphatic carbocycles. The van der Waals surface area contributed by atoms with E-state index in [1.54, 1.807) is 7.11 Å². The van der Waals surface area contributed by atoms with Gasteiger partial charge in [-0.25, -0.2) is 0 Å². The number of ether oxygens (including phenoxy) is 1. The van der Waals surface area contributed by atoms with Crippen LogP contribution in [0, 0.1) is 6.92 Å². The first-order valence-electron chi connectivity index (χ1n) is 5.12. The fraction of sp³-hybridized carbons (Fsp3) is 0.417. The van der Waals surface area contributed by atoms with Crippen LogP contribution >= 0.6 is 0 Å². The summed E-state index contributed by atoms with van der Waals surface area (Å²) in [5.74, 6) is 1.26.